The first-order chi connectivity index (χ1) is 12.2. The van der Waals surface area contributed by atoms with Gasteiger partial charge in [-0.2, -0.15) is 5.10 Å². The van der Waals surface area contributed by atoms with Crippen molar-refractivity contribution in [1.82, 2.24) is 0 Å². The summed E-state index contributed by atoms with van der Waals surface area (Å²) < 4.78 is 9.87. The molecule has 0 spiro atoms. The maximum Gasteiger partial charge on any atom is 0.332 e. The number of rotatable bonds is 4. The van der Waals surface area contributed by atoms with E-state index < -0.39 is 23.9 Å². The lowest BCUT2D eigenvalue weighted by Crippen LogP contribution is -2.45. The molecule has 0 N–H and O–H groups in total. The van der Waals surface area contributed by atoms with Crippen LogP contribution in [0.4, 0.5) is 5.69 Å². The van der Waals surface area contributed by atoms with Gasteiger partial charge in [-0.3, -0.25) is 4.79 Å². The number of para-hydroxylation sites is 1. The van der Waals surface area contributed by atoms with E-state index in [1.807, 2.05) is 60.7 Å². The van der Waals surface area contributed by atoms with Gasteiger partial charge in [0.1, 0.15) is 5.92 Å². The lowest BCUT2D eigenvalue weighted by atomic mass is 9.91. The second kappa shape index (κ2) is 7.17. The highest BCUT2D eigenvalue weighted by Gasteiger charge is 2.48. The zero-order valence-electron chi connectivity index (χ0n) is 14.0. The maximum atomic E-state index is 12.5. The highest BCUT2D eigenvalue weighted by atomic mass is 16.5. The van der Waals surface area contributed by atoms with Crippen molar-refractivity contribution < 1.29 is 19.1 Å². The molecule has 0 saturated heterocycles. The van der Waals surface area contributed by atoms with Gasteiger partial charge >= 0.3 is 11.9 Å². The fraction of sp³-hybridized carbons (Fsp3) is 0.211. The summed E-state index contributed by atoms with van der Waals surface area (Å²) in [6, 6.07) is 17.5. The largest absolute Gasteiger partial charge is 0.468 e. The molecule has 2 unspecified atom stereocenters. The van der Waals surface area contributed by atoms with Gasteiger partial charge in [-0.15, -0.1) is 0 Å². The topological polar surface area (TPSA) is 68.2 Å². The van der Waals surface area contributed by atoms with E-state index >= 15 is 0 Å². The quantitative estimate of drug-likeness (QED) is 0.800. The Morgan fingerprint density at radius 3 is 2.00 bits per heavy atom. The molecule has 0 fully saturated rings. The van der Waals surface area contributed by atoms with Crippen LogP contribution in [0.5, 0.6) is 0 Å². The minimum atomic E-state index is -0.921. The molecular weight excluding hydrogens is 320 g/mol. The Hall–Kier alpha value is -3.15. The van der Waals surface area contributed by atoms with Crippen LogP contribution in [0.2, 0.25) is 0 Å². The average Bonchev–Trinajstić information content (AvgIpc) is 3.08. The third-order valence-corrected chi connectivity index (χ3v) is 4.08. The summed E-state index contributed by atoms with van der Waals surface area (Å²) in [6.07, 6.45) is 0. The lowest BCUT2D eigenvalue weighted by molar-refractivity contribution is -0.150. The molecule has 0 saturated carbocycles. The average molecular weight is 338 g/mol. The summed E-state index contributed by atoms with van der Waals surface area (Å²) in [5.41, 5.74) is 1.93. The maximum absolute atomic E-state index is 12.5. The summed E-state index contributed by atoms with van der Waals surface area (Å²) in [5.74, 6) is -1.95. The molecule has 6 nitrogen and oxygen atoms in total. The van der Waals surface area contributed by atoms with Crippen LogP contribution in [0.3, 0.4) is 0 Å². The number of methoxy groups -OCH3 is 2. The van der Waals surface area contributed by atoms with Crippen molar-refractivity contribution in [2.75, 3.05) is 19.2 Å². The molecule has 1 aliphatic rings. The molecule has 6 heteroatoms. The van der Waals surface area contributed by atoms with Crippen LogP contribution in [0.25, 0.3) is 0 Å². The molecule has 3 rings (SSSR count). The van der Waals surface area contributed by atoms with E-state index in [0.29, 0.717) is 11.4 Å². The summed E-state index contributed by atoms with van der Waals surface area (Å²) >= 11 is 0. The van der Waals surface area contributed by atoms with Crippen LogP contribution in [-0.4, -0.2) is 37.9 Å². The minimum Gasteiger partial charge on any atom is -0.468 e. The Morgan fingerprint density at radius 2 is 1.44 bits per heavy atom. The molecule has 2 aromatic carbocycles. The number of esters is 2. The SMILES string of the molecule is COC(=O)C1C(c2ccccc2)=NN(c2ccccc2)C1C(=O)OC. The van der Waals surface area contributed by atoms with Crippen molar-refractivity contribution in [3.8, 4) is 0 Å². The molecule has 128 valence electrons. The highest BCUT2D eigenvalue weighted by molar-refractivity contribution is 6.17. The molecule has 25 heavy (non-hydrogen) atoms. The van der Waals surface area contributed by atoms with E-state index in [2.05, 4.69) is 5.10 Å². The second-order valence-electron chi connectivity index (χ2n) is 5.50. The van der Waals surface area contributed by atoms with Gasteiger partial charge in [-0.25, -0.2) is 9.80 Å². The van der Waals surface area contributed by atoms with E-state index in [-0.39, 0.29) is 0 Å². The normalized spacial score (nSPS) is 19.3. The number of carbonyl (C=O) groups excluding carboxylic acids is 2. The number of ether oxygens (including phenoxy) is 2. The van der Waals surface area contributed by atoms with E-state index in [1.54, 1.807) is 0 Å². The van der Waals surface area contributed by atoms with Gasteiger partial charge in [-0.1, -0.05) is 48.5 Å². The minimum absolute atomic E-state index is 0.478. The highest BCUT2D eigenvalue weighted by Crippen LogP contribution is 2.32. The zero-order valence-corrected chi connectivity index (χ0v) is 14.0. The number of anilines is 1. The predicted molar refractivity (Wildman–Crippen MR) is 93.2 cm³/mol. The predicted octanol–water partition coefficient (Wildman–Crippen LogP) is 2.24. The van der Waals surface area contributed by atoms with Crippen molar-refractivity contribution in [1.29, 1.82) is 0 Å². The van der Waals surface area contributed by atoms with Gasteiger partial charge in [0, 0.05) is 0 Å². The van der Waals surface area contributed by atoms with Crippen molar-refractivity contribution in [3.05, 3.63) is 66.2 Å². The monoisotopic (exact) mass is 338 g/mol. The smallest absolute Gasteiger partial charge is 0.332 e. The standard InChI is InChI=1S/C19H18N2O4/c1-24-18(22)15-16(13-9-5-3-6-10-13)20-21(17(15)19(23)25-2)14-11-7-4-8-12-14/h3-12,15,17H,1-2H3. The molecule has 0 amide bonds. The number of hydrogen-bond donors (Lipinski definition) is 0. The molecule has 0 aliphatic carbocycles. The number of nitrogens with zero attached hydrogens (tertiary/aromatic N) is 2. The van der Waals surface area contributed by atoms with Gasteiger partial charge in [0.05, 0.1) is 25.6 Å². The molecule has 1 aliphatic heterocycles. The van der Waals surface area contributed by atoms with Gasteiger partial charge < -0.3 is 9.47 Å². The molecule has 0 bridgehead atoms. The van der Waals surface area contributed by atoms with Crippen molar-refractivity contribution in [3.63, 3.8) is 0 Å². The first-order valence-corrected chi connectivity index (χ1v) is 7.81. The summed E-state index contributed by atoms with van der Waals surface area (Å²) in [4.78, 5) is 24.9. The Labute approximate surface area is 145 Å². The molecule has 0 radical (unpaired) electrons. The zero-order chi connectivity index (χ0) is 17.8. The van der Waals surface area contributed by atoms with Crippen molar-refractivity contribution in [2.45, 2.75) is 6.04 Å². The molecular formula is C19H18N2O4. The number of hydrazone groups is 1. The first kappa shape index (κ1) is 16.7. The van der Waals surface area contributed by atoms with Crippen LogP contribution in [0.1, 0.15) is 5.56 Å². The summed E-state index contributed by atoms with van der Waals surface area (Å²) in [6.45, 7) is 0. The number of benzene rings is 2. The Balaban J connectivity index is 2.14. The third kappa shape index (κ3) is 3.10. The van der Waals surface area contributed by atoms with Crippen molar-refractivity contribution >= 4 is 23.3 Å². The number of carbonyl (C=O) groups is 2. The fourth-order valence-electron chi connectivity index (χ4n) is 2.90. The van der Waals surface area contributed by atoms with Crippen LogP contribution in [0.15, 0.2) is 65.8 Å². The lowest BCUT2D eigenvalue weighted by Gasteiger charge is -2.24. The van der Waals surface area contributed by atoms with E-state index in [1.165, 1.54) is 19.2 Å². The van der Waals surface area contributed by atoms with Crippen LogP contribution >= 0.6 is 0 Å². The van der Waals surface area contributed by atoms with E-state index in [9.17, 15) is 9.59 Å². The summed E-state index contributed by atoms with van der Waals surface area (Å²) in [7, 11) is 2.59. The van der Waals surface area contributed by atoms with Gasteiger partial charge in [0.25, 0.3) is 0 Å². The Bertz CT molecular complexity index is 790. The molecule has 2 aromatic rings. The van der Waals surface area contributed by atoms with Gasteiger partial charge in [-0.05, 0) is 17.7 Å². The Kier molecular flexibility index (Phi) is 4.79. The first-order valence-electron chi connectivity index (χ1n) is 7.81. The van der Waals surface area contributed by atoms with Crippen molar-refractivity contribution in [2.24, 2.45) is 11.0 Å². The fourth-order valence-corrected chi connectivity index (χ4v) is 2.90. The number of hydrogen-bond acceptors (Lipinski definition) is 6. The Morgan fingerprint density at radius 1 is 0.880 bits per heavy atom. The second-order valence-corrected chi connectivity index (χ2v) is 5.50. The van der Waals surface area contributed by atoms with Crippen LogP contribution in [0, 0.1) is 5.92 Å². The van der Waals surface area contributed by atoms with E-state index in [0.717, 1.165) is 5.56 Å². The molecule has 0 aromatic heterocycles. The van der Waals surface area contributed by atoms with Gasteiger partial charge in [0.15, 0.2) is 6.04 Å². The van der Waals surface area contributed by atoms with Crippen LogP contribution < -0.4 is 5.01 Å². The van der Waals surface area contributed by atoms with Gasteiger partial charge in [0.2, 0.25) is 0 Å². The molecule has 2 atom stereocenters. The van der Waals surface area contributed by atoms with E-state index in [4.69, 9.17) is 9.47 Å². The van der Waals surface area contributed by atoms with Crippen LogP contribution in [-0.2, 0) is 19.1 Å². The third-order valence-electron chi connectivity index (χ3n) is 4.08. The summed E-state index contributed by atoms with van der Waals surface area (Å²) in [5, 5.41) is 6.10. The molecule has 1 heterocycles.